The summed E-state index contributed by atoms with van der Waals surface area (Å²) in [5.74, 6) is -0.0394. The van der Waals surface area contributed by atoms with Gasteiger partial charge in [-0.15, -0.1) is 4.37 Å². The van der Waals surface area contributed by atoms with E-state index in [9.17, 15) is 9.18 Å². The topological polar surface area (TPSA) is 43.1 Å². The SMILES string of the molecule is O=c1oc(C2(F)CC2)ns1. The van der Waals surface area contributed by atoms with Gasteiger partial charge in [-0.25, -0.2) is 9.18 Å². The highest BCUT2D eigenvalue weighted by molar-refractivity contribution is 7.02. The summed E-state index contributed by atoms with van der Waals surface area (Å²) in [5, 5.41) is 0. The van der Waals surface area contributed by atoms with Crippen LogP contribution in [0.4, 0.5) is 4.39 Å². The van der Waals surface area contributed by atoms with E-state index in [0.717, 1.165) is 0 Å². The van der Waals surface area contributed by atoms with Crippen molar-refractivity contribution < 1.29 is 8.81 Å². The van der Waals surface area contributed by atoms with Gasteiger partial charge in [-0.2, -0.15) is 0 Å². The molecule has 0 spiro atoms. The molecule has 0 amide bonds. The van der Waals surface area contributed by atoms with Crippen LogP contribution in [0.5, 0.6) is 0 Å². The molecule has 0 atom stereocenters. The maximum atomic E-state index is 13.0. The number of halogens is 1. The van der Waals surface area contributed by atoms with Crippen molar-refractivity contribution in [2.75, 3.05) is 0 Å². The van der Waals surface area contributed by atoms with Crippen molar-refractivity contribution in [3.05, 3.63) is 15.6 Å². The molecule has 1 fully saturated rings. The molecule has 0 radical (unpaired) electrons. The van der Waals surface area contributed by atoms with Crippen molar-refractivity contribution in [2.24, 2.45) is 0 Å². The smallest absolute Gasteiger partial charge is 0.395 e. The molecule has 0 N–H and O–H groups in total. The summed E-state index contributed by atoms with van der Waals surface area (Å²) in [7, 11) is 0. The van der Waals surface area contributed by atoms with Crippen molar-refractivity contribution in [2.45, 2.75) is 18.5 Å². The van der Waals surface area contributed by atoms with Crippen LogP contribution in [-0.4, -0.2) is 4.37 Å². The van der Waals surface area contributed by atoms with E-state index in [1.807, 2.05) is 0 Å². The molecule has 1 saturated carbocycles. The lowest BCUT2D eigenvalue weighted by Crippen LogP contribution is -1.97. The second-order valence-electron chi connectivity index (χ2n) is 2.31. The van der Waals surface area contributed by atoms with Crippen LogP contribution in [0.1, 0.15) is 18.7 Å². The van der Waals surface area contributed by atoms with Gasteiger partial charge in [-0.05, 0) is 12.8 Å². The molecule has 0 aliphatic heterocycles. The summed E-state index contributed by atoms with van der Waals surface area (Å²) in [4.78, 5) is 9.86. The number of rotatable bonds is 1. The van der Waals surface area contributed by atoms with Crippen LogP contribution in [0, 0.1) is 0 Å². The first-order valence-electron chi connectivity index (χ1n) is 2.87. The van der Waals surface area contributed by atoms with Gasteiger partial charge in [0.1, 0.15) is 0 Å². The Hall–Kier alpha value is -0.710. The molecule has 0 bridgehead atoms. The van der Waals surface area contributed by atoms with Gasteiger partial charge in [0.15, 0.2) is 5.67 Å². The summed E-state index contributed by atoms with van der Waals surface area (Å²) < 4.78 is 21.0. The zero-order valence-electron chi connectivity index (χ0n) is 4.96. The number of aromatic nitrogens is 1. The van der Waals surface area contributed by atoms with E-state index < -0.39 is 10.6 Å². The third kappa shape index (κ3) is 0.775. The minimum atomic E-state index is -1.40. The molecule has 1 heterocycles. The number of hydrogen-bond donors (Lipinski definition) is 0. The lowest BCUT2D eigenvalue weighted by Gasteiger charge is -1.92. The Morgan fingerprint density at radius 3 is 2.80 bits per heavy atom. The first-order valence-corrected chi connectivity index (χ1v) is 3.64. The molecule has 2 rings (SSSR count). The summed E-state index contributed by atoms with van der Waals surface area (Å²) in [6.07, 6.45) is 0.860. The summed E-state index contributed by atoms with van der Waals surface area (Å²) in [6, 6.07) is 0. The monoisotopic (exact) mass is 161 g/mol. The van der Waals surface area contributed by atoms with Crippen LogP contribution in [0.3, 0.4) is 0 Å². The molecule has 0 unspecified atom stereocenters. The van der Waals surface area contributed by atoms with Gasteiger partial charge in [-0.1, -0.05) is 0 Å². The summed E-state index contributed by atoms with van der Waals surface area (Å²) >= 11 is 0.659. The second kappa shape index (κ2) is 1.66. The van der Waals surface area contributed by atoms with Gasteiger partial charge >= 0.3 is 4.94 Å². The Labute approximate surface area is 59.7 Å². The molecule has 1 aliphatic carbocycles. The molecule has 3 nitrogen and oxygen atoms in total. The fraction of sp³-hybridized carbons (Fsp3) is 0.600. The zero-order valence-corrected chi connectivity index (χ0v) is 5.78. The van der Waals surface area contributed by atoms with Gasteiger partial charge in [0.05, 0.1) is 0 Å². The van der Waals surface area contributed by atoms with Crippen molar-refractivity contribution in [3.8, 4) is 0 Å². The molecular formula is C5H4FNO2S. The van der Waals surface area contributed by atoms with Crippen molar-refractivity contribution >= 4 is 11.5 Å². The second-order valence-corrected chi connectivity index (χ2v) is 3.00. The summed E-state index contributed by atoms with van der Waals surface area (Å²) in [5.41, 5.74) is -1.40. The van der Waals surface area contributed by atoms with Crippen LogP contribution in [-0.2, 0) is 5.67 Å². The normalized spacial score (nSPS) is 20.9. The number of hydrogen-bond acceptors (Lipinski definition) is 4. The molecule has 54 valence electrons. The number of nitrogens with zero attached hydrogens (tertiary/aromatic N) is 1. The highest BCUT2D eigenvalue weighted by atomic mass is 32.1. The minimum absolute atomic E-state index is 0.0394. The van der Waals surface area contributed by atoms with Crippen LogP contribution >= 0.6 is 11.5 Å². The van der Waals surface area contributed by atoms with Crippen LogP contribution in [0.2, 0.25) is 0 Å². The van der Waals surface area contributed by atoms with Crippen molar-refractivity contribution in [1.82, 2.24) is 4.37 Å². The summed E-state index contributed by atoms with van der Waals surface area (Å²) in [6.45, 7) is 0. The standard InChI is InChI=1S/C5H4FNO2S/c6-5(1-2-5)3-7-10-4(8)9-3/h1-2H2. The average molecular weight is 161 g/mol. The highest BCUT2D eigenvalue weighted by Crippen LogP contribution is 2.48. The van der Waals surface area contributed by atoms with Gasteiger partial charge in [-0.3, -0.25) is 0 Å². The largest absolute Gasteiger partial charge is 0.414 e. The van der Waals surface area contributed by atoms with E-state index >= 15 is 0 Å². The number of alkyl halides is 1. The van der Waals surface area contributed by atoms with Gasteiger partial charge in [0.25, 0.3) is 0 Å². The van der Waals surface area contributed by atoms with E-state index in [0.29, 0.717) is 24.4 Å². The molecule has 1 aliphatic rings. The van der Waals surface area contributed by atoms with E-state index in [2.05, 4.69) is 8.79 Å². The lowest BCUT2D eigenvalue weighted by atomic mass is 10.4. The predicted molar refractivity (Wildman–Crippen MR) is 32.7 cm³/mol. The Balaban J connectivity index is 2.43. The van der Waals surface area contributed by atoms with Crippen LogP contribution in [0.15, 0.2) is 9.21 Å². The fourth-order valence-corrected chi connectivity index (χ4v) is 1.17. The Kier molecular flexibility index (Phi) is 1.00. The van der Waals surface area contributed by atoms with Gasteiger partial charge in [0.2, 0.25) is 5.89 Å². The lowest BCUT2D eigenvalue weighted by molar-refractivity contribution is 0.246. The molecule has 0 aromatic carbocycles. The maximum Gasteiger partial charge on any atom is 0.414 e. The molecular weight excluding hydrogens is 157 g/mol. The van der Waals surface area contributed by atoms with Crippen LogP contribution < -0.4 is 4.94 Å². The first-order chi connectivity index (χ1) is 4.71. The quantitative estimate of drug-likeness (QED) is 0.618. The molecule has 1 aromatic rings. The van der Waals surface area contributed by atoms with Gasteiger partial charge < -0.3 is 4.42 Å². The Morgan fingerprint density at radius 1 is 1.70 bits per heavy atom. The van der Waals surface area contributed by atoms with Crippen molar-refractivity contribution in [1.29, 1.82) is 0 Å². The molecule has 5 heteroatoms. The van der Waals surface area contributed by atoms with E-state index in [-0.39, 0.29) is 5.89 Å². The van der Waals surface area contributed by atoms with E-state index in [4.69, 9.17) is 0 Å². The highest BCUT2D eigenvalue weighted by Gasteiger charge is 2.50. The minimum Gasteiger partial charge on any atom is -0.395 e. The Bertz CT molecular complexity index is 301. The van der Waals surface area contributed by atoms with E-state index in [1.165, 1.54) is 0 Å². The van der Waals surface area contributed by atoms with Gasteiger partial charge in [0, 0.05) is 11.5 Å². The molecule has 10 heavy (non-hydrogen) atoms. The van der Waals surface area contributed by atoms with Crippen molar-refractivity contribution in [3.63, 3.8) is 0 Å². The first kappa shape index (κ1) is 6.03. The fourth-order valence-electron chi connectivity index (χ4n) is 0.692. The third-order valence-corrected chi connectivity index (χ3v) is 1.94. The average Bonchev–Trinajstić information content (AvgIpc) is 2.45. The molecule has 0 saturated heterocycles. The van der Waals surface area contributed by atoms with E-state index in [1.54, 1.807) is 0 Å². The zero-order chi connectivity index (χ0) is 7.19. The molecule has 1 aromatic heterocycles. The maximum absolute atomic E-state index is 13.0. The predicted octanol–water partition coefficient (Wildman–Crippen LogP) is 1.05. The Morgan fingerprint density at radius 2 is 2.40 bits per heavy atom. The third-order valence-electron chi connectivity index (χ3n) is 1.46. The van der Waals surface area contributed by atoms with Crippen LogP contribution in [0.25, 0.3) is 0 Å².